The van der Waals surface area contributed by atoms with E-state index < -0.39 is 0 Å². The molecule has 0 aliphatic carbocycles. The Hall–Kier alpha value is -2.08. The third kappa shape index (κ3) is 4.85. The molecule has 6 nitrogen and oxygen atoms in total. The van der Waals surface area contributed by atoms with Gasteiger partial charge in [0, 0.05) is 38.3 Å². The number of benzene rings is 1. The number of hydrogen-bond acceptors (Lipinski definition) is 3. The van der Waals surface area contributed by atoms with Crippen LogP contribution in [0.25, 0.3) is 0 Å². The molecule has 2 aliphatic heterocycles. The number of guanidine groups is 1. The van der Waals surface area contributed by atoms with E-state index in [1.54, 1.807) is 7.05 Å². The first-order valence-electron chi connectivity index (χ1n) is 10.3. The minimum Gasteiger partial charge on any atom is -0.377 e. The number of amides is 1. The fourth-order valence-electron chi connectivity index (χ4n) is 4.31. The summed E-state index contributed by atoms with van der Waals surface area (Å²) in [5, 5.41) is 6.57. The first-order valence-corrected chi connectivity index (χ1v) is 10.3. The second kappa shape index (κ2) is 8.95. The summed E-state index contributed by atoms with van der Waals surface area (Å²) in [5.74, 6) is 1.17. The lowest BCUT2D eigenvalue weighted by Crippen LogP contribution is -2.49. The molecule has 154 valence electrons. The van der Waals surface area contributed by atoms with E-state index in [1.807, 2.05) is 23.1 Å². The molecule has 2 unspecified atom stereocenters. The molecule has 0 radical (unpaired) electrons. The Balaban J connectivity index is 1.50. The summed E-state index contributed by atoms with van der Waals surface area (Å²) in [6.45, 7) is 9.32. The molecule has 0 aromatic heterocycles. The van der Waals surface area contributed by atoms with Gasteiger partial charge in [0.15, 0.2) is 5.96 Å². The van der Waals surface area contributed by atoms with Gasteiger partial charge >= 0.3 is 0 Å². The van der Waals surface area contributed by atoms with Crippen molar-refractivity contribution in [2.45, 2.75) is 46.1 Å². The Morgan fingerprint density at radius 3 is 2.82 bits per heavy atom. The van der Waals surface area contributed by atoms with E-state index in [1.165, 1.54) is 5.56 Å². The molecule has 1 saturated heterocycles. The van der Waals surface area contributed by atoms with Gasteiger partial charge in [0.2, 0.25) is 5.91 Å². The van der Waals surface area contributed by atoms with Crippen LogP contribution in [0.4, 0.5) is 5.69 Å². The van der Waals surface area contributed by atoms with Gasteiger partial charge in [-0.3, -0.25) is 9.79 Å². The summed E-state index contributed by atoms with van der Waals surface area (Å²) in [7, 11) is 1.74. The van der Waals surface area contributed by atoms with Gasteiger partial charge < -0.3 is 20.3 Å². The molecule has 1 fully saturated rings. The maximum atomic E-state index is 12.7. The van der Waals surface area contributed by atoms with Crippen molar-refractivity contribution in [3.05, 3.63) is 29.8 Å². The molecule has 2 N–H and O–H groups in total. The number of nitrogens with one attached hydrogen (secondary N) is 2. The fraction of sp³-hybridized carbons (Fsp3) is 0.636. The molecular formula is C22H34N4O2. The van der Waals surface area contributed by atoms with E-state index in [-0.39, 0.29) is 24.0 Å². The molecule has 28 heavy (non-hydrogen) atoms. The van der Waals surface area contributed by atoms with Crippen LogP contribution in [0, 0.1) is 11.3 Å². The SMILES string of the molecule is CN=C(NCC(=O)N1CCc2ccccc21)NCC1CCCOC1C(C)(C)C. The zero-order valence-corrected chi connectivity index (χ0v) is 17.6. The number of para-hydroxylation sites is 1. The van der Waals surface area contributed by atoms with E-state index in [0.29, 0.717) is 11.9 Å². The molecular weight excluding hydrogens is 352 g/mol. The normalized spacial score (nSPS) is 22.7. The van der Waals surface area contributed by atoms with Crippen LogP contribution in [0.1, 0.15) is 39.2 Å². The van der Waals surface area contributed by atoms with E-state index in [4.69, 9.17) is 4.74 Å². The Morgan fingerprint density at radius 1 is 1.29 bits per heavy atom. The Morgan fingerprint density at radius 2 is 2.07 bits per heavy atom. The third-order valence-electron chi connectivity index (χ3n) is 5.65. The molecule has 2 heterocycles. The largest absolute Gasteiger partial charge is 0.377 e. The average molecular weight is 387 g/mol. The number of nitrogens with zero attached hydrogens (tertiary/aromatic N) is 2. The number of fused-ring (bicyclic) bond motifs is 1. The highest BCUT2D eigenvalue weighted by molar-refractivity contribution is 5.98. The molecule has 2 aliphatic rings. The molecule has 1 aromatic rings. The van der Waals surface area contributed by atoms with Crippen LogP contribution in [0.3, 0.4) is 0 Å². The maximum absolute atomic E-state index is 12.7. The lowest BCUT2D eigenvalue weighted by atomic mass is 9.78. The summed E-state index contributed by atoms with van der Waals surface area (Å²) in [6, 6.07) is 8.12. The van der Waals surface area contributed by atoms with Crippen molar-refractivity contribution < 1.29 is 9.53 Å². The topological polar surface area (TPSA) is 66.0 Å². The standard InChI is InChI=1S/C22H34N4O2/c1-22(2,3)20-17(9-7-13-28-20)14-24-21(23-4)25-15-19(27)26-12-11-16-8-5-6-10-18(16)26/h5-6,8,10,17,20H,7,9,11-15H2,1-4H3,(H2,23,24,25). The van der Waals surface area contributed by atoms with Crippen LogP contribution < -0.4 is 15.5 Å². The lowest BCUT2D eigenvalue weighted by molar-refractivity contribution is -0.117. The van der Waals surface area contributed by atoms with Crippen molar-refractivity contribution in [3.8, 4) is 0 Å². The van der Waals surface area contributed by atoms with Crippen LogP contribution >= 0.6 is 0 Å². The molecule has 1 aromatic carbocycles. The van der Waals surface area contributed by atoms with E-state index >= 15 is 0 Å². The van der Waals surface area contributed by atoms with Crippen molar-refractivity contribution in [2.75, 3.05) is 38.2 Å². The Labute approximate surface area is 168 Å². The number of aliphatic imine (C=N–C) groups is 1. The molecule has 3 rings (SSSR count). The minimum absolute atomic E-state index is 0.0708. The van der Waals surface area contributed by atoms with Gasteiger partial charge in [0.1, 0.15) is 0 Å². The zero-order valence-electron chi connectivity index (χ0n) is 17.6. The highest BCUT2D eigenvalue weighted by Crippen LogP contribution is 2.33. The van der Waals surface area contributed by atoms with Gasteiger partial charge in [-0.2, -0.15) is 0 Å². The molecule has 1 amide bonds. The van der Waals surface area contributed by atoms with Crippen molar-refractivity contribution >= 4 is 17.6 Å². The first kappa shape index (κ1) is 20.6. The summed E-state index contributed by atoms with van der Waals surface area (Å²) < 4.78 is 6.06. The van der Waals surface area contributed by atoms with Gasteiger partial charge in [-0.05, 0) is 36.3 Å². The summed E-state index contributed by atoms with van der Waals surface area (Å²) in [5.41, 5.74) is 2.39. The highest BCUT2D eigenvalue weighted by Gasteiger charge is 2.35. The minimum atomic E-state index is 0.0708. The number of rotatable bonds is 4. The van der Waals surface area contributed by atoms with E-state index in [2.05, 4.69) is 42.5 Å². The lowest BCUT2D eigenvalue weighted by Gasteiger charge is -2.40. The quantitative estimate of drug-likeness (QED) is 0.617. The maximum Gasteiger partial charge on any atom is 0.246 e. The Kier molecular flexibility index (Phi) is 6.60. The van der Waals surface area contributed by atoms with Crippen molar-refractivity contribution in [2.24, 2.45) is 16.3 Å². The van der Waals surface area contributed by atoms with Gasteiger partial charge in [0.05, 0.1) is 12.6 Å². The third-order valence-corrected chi connectivity index (χ3v) is 5.65. The smallest absolute Gasteiger partial charge is 0.246 e. The molecule has 0 spiro atoms. The number of anilines is 1. The van der Waals surface area contributed by atoms with Crippen LogP contribution in [-0.4, -0.2) is 51.3 Å². The van der Waals surface area contributed by atoms with Crippen LogP contribution in [0.15, 0.2) is 29.3 Å². The molecule has 0 bridgehead atoms. The average Bonchev–Trinajstić information content (AvgIpc) is 3.11. The Bertz CT molecular complexity index is 711. The predicted molar refractivity (Wildman–Crippen MR) is 114 cm³/mol. The summed E-state index contributed by atoms with van der Waals surface area (Å²) >= 11 is 0. The predicted octanol–water partition coefficient (Wildman–Crippen LogP) is 2.58. The number of hydrogen-bond donors (Lipinski definition) is 2. The second-order valence-electron chi connectivity index (χ2n) is 8.79. The molecule has 0 saturated carbocycles. The van der Waals surface area contributed by atoms with Crippen molar-refractivity contribution in [1.29, 1.82) is 0 Å². The number of carbonyl (C=O) groups is 1. The van der Waals surface area contributed by atoms with Crippen LogP contribution in [-0.2, 0) is 16.0 Å². The van der Waals surface area contributed by atoms with E-state index in [0.717, 1.165) is 44.6 Å². The van der Waals surface area contributed by atoms with Gasteiger partial charge in [0.25, 0.3) is 0 Å². The van der Waals surface area contributed by atoms with Gasteiger partial charge in [-0.25, -0.2) is 0 Å². The van der Waals surface area contributed by atoms with Crippen LogP contribution in [0.5, 0.6) is 0 Å². The second-order valence-corrected chi connectivity index (χ2v) is 8.79. The van der Waals surface area contributed by atoms with Gasteiger partial charge in [-0.15, -0.1) is 0 Å². The molecule has 6 heteroatoms. The number of ether oxygens (including phenoxy) is 1. The van der Waals surface area contributed by atoms with E-state index in [9.17, 15) is 4.79 Å². The van der Waals surface area contributed by atoms with Gasteiger partial charge in [-0.1, -0.05) is 39.0 Å². The highest BCUT2D eigenvalue weighted by atomic mass is 16.5. The van der Waals surface area contributed by atoms with Crippen LogP contribution in [0.2, 0.25) is 0 Å². The summed E-state index contributed by atoms with van der Waals surface area (Å²) in [4.78, 5) is 18.8. The van der Waals surface area contributed by atoms with Crippen molar-refractivity contribution in [3.63, 3.8) is 0 Å². The summed E-state index contributed by atoms with van der Waals surface area (Å²) in [6.07, 6.45) is 3.40. The first-order chi connectivity index (χ1) is 13.4. The molecule has 2 atom stereocenters. The van der Waals surface area contributed by atoms with Crippen molar-refractivity contribution in [1.82, 2.24) is 10.6 Å². The number of carbonyl (C=O) groups excluding carboxylic acids is 1. The fourth-order valence-corrected chi connectivity index (χ4v) is 4.31. The monoisotopic (exact) mass is 386 g/mol. The zero-order chi connectivity index (χ0) is 20.1.